The molecule has 0 aliphatic carbocycles. The maximum Gasteiger partial charge on any atom is 0.573 e. The lowest BCUT2D eigenvalue weighted by Crippen LogP contribution is -2.18. The van der Waals surface area contributed by atoms with Crippen LogP contribution in [0.15, 0.2) is 51.7 Å². The van der Waals surface area contributed by atoms with Crippen LogP contribution in [0.4, 0.5) is 13.2 Å². The number of rotatable bonds is 16. The molecule has 0 atom stereocenters. The minimum Gasteiger partial charge on any atom is -0.478 e. The third kappa shape index (κ3) is 10.3. The van der Waals surface area contributed by atoms with E-state index in [0.29, 0.717) is 30.9 Å². The van der Waals surface area contributed by atoms with E-state index in [0.717, 1.165) is 51.0 Å². The first-order chi connectivity index (χ1) is 18.8. The van der Waals surface area contributed by atoms with Crippen molar-refractivity contribution >= 4 is 17.1 Å². The number of nitrogens with zero attached hydrogens (tertiary/aromatic N) is 1. The van der Waals surface area contributed by atoms with Crippen LogP contribution in [0.25, 0.3) is 22.2 Å². The number of carbonyl (C=O) groups excluding carboxylic acids is 1. The summed E-state index contributed by atoms with van der Waals surface area (Å²) in [4.78, 5) is 27.9. The molecule has 10 heteroatoms. The second-order valence-corrected chi connectivity index (χ2v) is 9.14. The first-order valence-electron chi connectivity index (χ1n) is 13.4. The third-order valence-electron chi connectivity index (χ3n) is 6.07. The highest BCUT2D eigenvalue weighted by Gasteiger charge is 2.32. The quantitative estimate of drug-likeness (QED) is 0.134. The molecule has 0 saturated carbocycles. The fraction of sp³-hybridized carbons (Fsp3) is 0.483. The van der Waals surface area contributed by atoms with Crippen molar-refractivity contribution in [1.82, 2.24) is 4.98 Å². The van der Waals surface area contributed by atoms with Crippen LogP contribution >= 0.6 is 0 Å². The molecule has 0 bridgehead atoms. The van der Waals surface area contributed by atoms with Crippen molar-refractivity contribution in [2.45, 2.75) is 77.5 Å². The Morgan fingerprint density at radius 2 is 1.51 bits per heavy atom. The molecule has 0 amide bonds. The number of hydrogen-bond acceptors (Lipinski definition) is 7. The van der Waals surface area contributed by atoms with Crippen molar-refractivity contribution in [3.63, 3.8) is 0 Å². The third-order valence-corrected chi connectivity index (χ3v) is 6.07. The fourth-order valence-electron chi connectivity index (χ4n) is 4.06. The maximum absolute atomic E-state index is 12.8. The van der Waals surface area contributed by atoms with Gasteiger partial charge in [0.1, 0.15) is 5.75 Å². The molecular formula is C29H34F3NO6. The summed E-state index contributed by atoms with van der Waals surface area (Å²) in [7, 11) is 0. The van der Waals surface area contributed by atoms with Gasteiger partial charge in [0.25, 0.3) is 0 Å². The zero-order chi connectivity index (χ0) is 28.1. The largest absolute Gasteiger partial charge is 0.573 e. The summed E-state index contributed by atoms with van der Waals surface area (Å²) in [5.41, 5.74) is -0.875. The molecule has 0 aliphatic rings. The Bertz CT molecular complexity index is 1260. The van der Waals surface area contributed by atoms with Crippen molar-refractivity contribution < 1.29 is 36.6 Å². The van der Waals surface area contributed by atoms with Crippen molar-refractivity contribution in [1.29, 1.82) is 0 Å². The number of aromatic nitrogens is 1. The van der Waals surface area contributed by atoms with Crippen molar-refractivity contribution in [3.05, 3.63) is 52.9 Å². The van der Waals surface area contributed by atoms with Gasteiger partial charge in [-0.25, -0.2) is 4.79 Å². The van der Waals surface area contributed by atoms with Crippen LogP contribution in [0.5, 0.6) is 11.6 Å². The smallest absolute Gasteiger partial charge is 0.478 e. The Morgan fingerprint density at radius 1 is 0.872 bits per heavy atom. The summed E-state index contributed by atoms with van der Waals surface area (Å²) in [6.45, 7) is 2.78. The fourth-order valence-corrected chi connectivity index (χ4v) is 4.06. The van der Waals surface area contributed by atoms with E-state index in [1.165, 1.54) is 37.1 Å². The first kappa shape index (κ1) is 30.0. The van der Waals surface area contributed by atoms with Crippen LogP contribution in [0.3, 0.4) is 0 Å². The van der Waals surface area contributed by atoms with Gasteiger partial charge in [-0.1, -0.05) is 70.1 Å². The van der Waals surface area contributed by atoms with Gasteiger partial charge < -0.3 is 18.6 Å². The highest BCUT2D eigenvalue weighted by atomic mass is 19.4. The number of halogens is 3. The first-order valence-corrected chi connectivity index (χ1v) is 13.4. The number of para-hydroxylation sites is 1. The van der Waals surface area contributed by atoms with E-state index in [1.807, 2.05) is 0 Å². The number of fused-ring (bicyclic) bond motifs is 1. The van der Waals surface area contributed by atoms with Gasteiger partial charge in [-0.2, -0.15) is 4.98 Å². The number of ether oxygens (including phenoxy) is 3. The second kappa shape index (κ2) is 15.1. The van der Waals surface area contributed by atoms with Gasteiger partial charge in [0.05, 0.1) is 18.8 Å². The summed E-state index contributed by atoms with van der Waals surface area (Å²) in [5, 5.41) is 0.445. The van der Waals surface area contributed by atoms with Crippen molar-refractivity contribution in [3.8, 4) is 22.8 Å². The maximum atomic E-state index is 12.8. The zero-order valence-electron chi connectivity index (χ0n) is 22.1. The molecule has 0 radical (unpaired) electrons. The van der Waals surface area contributed by atoms with E-state index >= 15 is 0 Å². The number of benzene rings is 1. The van der Waals surface area contributed by atoms with Crippen LogP contribution in [0, 0.1) is 0 Å². The van der Waals surface area contributed by atoms with Gasteiger partial charge in [0.15, 0.2) is 0 Å². The zero-order valence-corrected chi connectivity index (χ0v) is 22.1. The van der Waals surface area contributed by atoms with Crippen molar-refractivity contribution in [2.24, 2.45) is 0 Å². The number of alkyl halides is 3. The number of unbranched alkanes of at least 4 members (excludes halogenated alkanes) is 8. The van der Waals surface area contributed by atoms with Gasteiger partial charge in [-0.3, -0.25) is 4.79 Å². The summed E-state index contributed by atoms with van der Waals surface area (Å²) in [6, 6.07) is 10.1. The molecule has 0 unspecified atom stereocenters. The van der Waals surface area contributed by atoms with Gasteiger partial charge >= 0.3 is 18.0 Å². The van der Waals surface area contributed by atoms with Gasteiger partial charge in [-0.05, 0) is 31.0 Å². The van der Waals surface area contributed by atoms with E-state index in [-0.39, 0.29) is 22.8 Å². The highest BCUT2D eigenvalue weighted by Crippen LogP contribution is 2.33. The Morgan fingerprint density at radius 3 is 2.18 bits per heavy atom. The minimum absolute atomic E-state index is 0.0273. The Balaban J connectivity index is 1.40. The molecule has 0 spiro atoms. The van der Waals surface area contributed by atoms with E-state index in [1.54, 1.807) is 19.1 Å². The topological polar surface area (TPSA) is 87.9 Å². The van der Waals surface area contributed by atoms with Crippen LogP contribution < -0.4 is 15.1 Å². The predicted molar refractivity (Wildman–Crippen MR) is 141 cm³/mol. The number of pyridine rings is 1. The van der Waals surface area contributed by atoms with Crippen LogP contribution in [0.2, 0.25) is 0 Å². The molecule has 3 aromatic rings. The van der Waals surface area contributed by atoms with E-state index < -0.39 is 17.7 Å². The normalized spacial score (nSPS) is 11.5. The Labute approximate surface area is 225 Å². The lowest BCUT2D eigenvalue weighted by Gasteiger charge is -2.13. The molecule has 7 nitrogen and oxygen atoms in total. The second-order valence-electron chi connectivity index (χ2n) is 9.14. The molecule has 212 valence electrons. The molecular weight excluding hydrogens is 515 g/mol. The molecule has 39 heavy (non-hydrogen) atoms. The van der Waals surface area contributed by atoms with Gasteiger partial charge in [0, 0.05) is 23.4 Å². The molecule has 0 saturated heterocycles. The summed E-state index contributed by atoms with van der Waals surface area (Å²) in [6.07, 6.45) is 5.17. The van der Waals surface area contributed by atoms with E-state index in [4.69, 9.17) is 13.9 Å². The molecule has 0 aliphatic heterocycles. The number of hydrogen-bond donors (Lipinski definition) is 0. The summed E-state index contributed by atoms with van der Waals surface area (Å²) in [5.74, 6) is -0.320. The molecule has 1 aromatic carbocycles. The molecule has 0 fully saturated rings. The Kier molecular flexibility index (Phi) is 11.6. The SMILES string of the molecule is CCC(=O)OCCCCCCCCCCCOc1ccc2cc(-c3ccccc3OC(F)(F)F)c(=O)oc2n1. The molecule has 3 rings (SSSR count). The van der Waals surface area contributed by atoms with E-state index in [2.05, 4.69) is 9.72 Å². The lowest BCUT2D eigenvalue weighted by molar-refractivity contribution is -0.274. The average molecular weight is 550 g/mol. The van der Waals surface area contributed by atoms with Gasteiger partial charge in [0.2, 0.25) is 11.6 Å². The monoisotopic (exact) mass is 549 g/mol. The van der Waals surface area contributed by atoms with E-state index in [9.17, 15) is 22.8 Å². The predicted octanol–water partition coefficient (Wildman–Crippen LogP) is 7.60. The molecule has 2 aromatic heterocycles. The molecule has 2 heterocycles. The molecule has 0 N–H and O–H groups in total. The minimum atomic E-state index is -4.89. The summed E-state index contributed by atoms with van der Waals surface area (Å²) >= 11 is 0. The lowest BCUT2D eigenvalue weighted by atomic mass is 10.1. The standard InChI is InChI=1S/C29H34F3NO6/c1-2-26(34)37-19-13-9-7-5-3-4-6-8-12-18-36-25-17-16-21-20-23(28(35)38-27(21)33-25)22-14-10-11-15-24(22)39-29(30,31)32/h10-11,14-17,20H,2-9,12-13,18-19H2,1H3. The van der Waals surface area contributed by atoms with Crippen LogP contribution in [-0.4, -0.2) is 30.5 Å². The van der Waals surface area contributed by atoms with Crippen LogP contribution in [-0.2, 0) is 9.53 Å². The van der Waals surface area contributed by atoms with Gasteiger partial charge in [-0.15, -0.1) is 13.2 Å². The number of esters is 1. The van der Waals surface area contributed by atoms with Crippen LogP contribution in [0.1, 0.15) is 71.1 Å². The average Bonchev–Trinajstić information content (AvgIpc) is 2.90. The summed E-state index contributed by atoms with van der Waals surface area (Å²) < 4.78 is 58.4. The Hall–Kier alpha value is -3.56. The number of carbonyl (C=O) groups is 1. The highest BCUT2D eigenvalue weighted by molar-refractivity contribution is 5.81. The van der Waals surface area contributed by atoms with Crippen molar-refractivity contribution in [2.75, 3.05) is 13.2 Å².